The maximum atomic E-state index is 14.3. The molecule has 0 bridgehead atoms. The molecular weight excluding hydrogens is 431 g/mol. The Bertz CT molecular complexity index is 1320. The molecule has 0 heterocycles. The largest absolute Gasteiger partial charge is 0.422 e. The molecule has 1 N–H and O–H groups in total. The molecule has 7 heteroatoms. The number of anilines is 1. The van der Waals surface area contributed by atoms with Crippen LogP contribution in [0.4, 0.5) is 18.9 Å². The first kappa shape index (κ1) is 21.8. The number of carbonyl (C=O) groups is 2. The lowest BCUT2D eigenvalue weighted by molar-refractivity contribution is 0.0733. The van der Waals surface area contributed by atoms with E-state index in [0.717, 1.165) is 24.3 Å². The van der Waals surface area contributed by atoms with Crippen molar-refractivity contribution in [1.82, 2.24) is 0 Å². The number of halogens is 3. The SMILES string of the molecule is O=C(Oc1ccc(-c2ccc(F)cc2F)cc1C(=O)Nc1ccccc1)c1ccc(F)cc1. The number of esters is 1. The number of rotatable bonds is 5. The molecule has 0 aromatic heterocycles. The molecule has 0 atom stereocenters. The van der Waals surface area contributed by atoms with Gasteiger partial charge in [-0.15, -0.1) is 0 Å². The quantitative estimate of drug-likeness (QED) is 0.291. The second kappa shape index (κ2) is 9.40. The molecule has 0 aliphatic rings. The highest BCUT2D eigenvalue weighted by Gasteiger charge is 2.19. The summed E-state index contributed by atoms with van der Waals surface area (Å²) in [6, 6.07) is 20.6. The van der Waals surface area contributed by atoms with Crippen molar-refractivity contribution in [3.8, 4) is 16.9 Å². The molecule has 0 radical (unpaired) electrons. The van der Waals surface area contributed by atoms with Crippen LogP contribution in [-0.2, 0) is 0 Å². The van der Waals surface area contributed by atoms with E-state index in [1.54, 1.807) is 30.3 Å². The first-order valence-electron chi connectivity index (χ1n) is 9.84. The van der Waals surface area contributed by atoms with E-state index in [9.17, 15) is 22.8 Å². The van der Waals surface area contributed by atoms with Crippen LogP contribution in [0.25, 0.3) is 11.1 Å². The standard InChI is InChI=1S/C26H16F3NO3/c27-18-9-6-16(7-10-18)26(32)33-24-13-8-17(21-12-11-19(28)15-23(21)29)14-22(24)25(31)30-20-4-2-1-3-5-20/h1-15H,(H,30,31). The van der Waals surface area contributed by atoms with Gasteiger partial charge in [0.25, 0.3) is 5.91 Å². The van der Waals surface area contributed by atoms with Gasteiger partial charge in [0, 0.05) is 17.3 Å². The number of hydrogen-bond donors (Lipinski definition) is 1. The average Bonchev–Trinajstić information content (AvgIpc) is 2.80. The topological polar surface area (TPSA) is 55.4 Å². The summed E-state index contributed by atoms with van der Waals surface area (Å²) in [5.74, 6) is -3.54. The van der Waals surface area contributed by atoms with Gasteiger partial charge in [0.2, 0.25) is 0 Å². The van der Waals surface area contributed by atoms with Gasteiger partial charge in [0.15, 0.2) is 0 Å². The fraction of sp³-hybridized carbons (Fsp3) is 0. The smallest absolute Gasteiger partial charge is 0.343 e. The van der Waals surface area contributed by atoms with Crippen LogP contribution in [0, 0.1) is 17.5 Å². The monoisotopic (exact) mass is 447 g/mol. The predicted molar refractivity (Wildman–Crippen MR) is 118 cm³/mol. The molecule has 164 valence electrons. The fourth-order valence-electron chi connectivity index (χ4n) is 3.15. The molecule has 4 nitrogen and oxygen atoms in total. The minimum atomic E-state index is -0.805. The summed E-state index contributed by atoms with van der Waals surface area (Å²) in [4.78, 5) is 25.5. The zero-order chi connectivity index (χ0) is 23.4. The first-order valence-corrected chi connectivity index (χ1v) is 9.84. The van der Waals surface area contributed by atoms with Gasteiger partial charge in [0.05, 0.1) is 11.1 Å². The Hall–Kier alpha value is -4.39. The summed E-state index contributed by atoms with van der Waals surface area (Å²) in [7, 11) is 0. The molecule has 0 aliphatic carbocycles. The molecule has 0 unspecified atom stereocenters. The van der Waals surface area contributed by atoms with Crippen molar-refractivity contribution < 1.29 is 27.5 Å². The van der Waals surface area contributed by atoms with Crippen LogP contribution in [-0.4, -0.2) is 11.9 Å². The van der Waals surface area contributed by atoms with E-state index < -0.39 is 29.3 Å². The minimum Gasteiger partial charge on any atom is -0.422 e. The van der Waals surface area contributed by atoms with Gasteiger partial charge in [-0.2, -0.15) is 0 Å². The first-order chi connectivity index (χ1) is 15.9. The molecule has 0 aliphatic heterocycles. The lowest BCUT2D eigenvalue weighted by Crippen LogP contribution is -2.16. The van der Waals surface area contributed by atoms with Crippen molar-refractivity contribution in [2.24, 2.45) is 0 Å². The van der Waals surface area contributed by atoms with Crippen LogP contribution in [0.3, 0.4) is 0 Å². The van der Waals surface area contributed by atoms with Crippen molar-refractivity contribution in [1.29, 1.82) is 0 Å². The molecule has 33 heavy (non-hydrogen) atoms. The Balaban J connectivity index is 1.72. The summed E-state index contributed by atoms with van der Waals surface area (Å²) >= 11 is 0. The van der Waals surface area contributed by atoms with Crippen LogP contribution in [0.5, 0.6) is 5.75 Å². The van der Waals surface area contributed by atoms with Gasteiger partial charge in [-0.1, -0.05) is 24.3 Å². The van der Waals surface area contributed by atoms with E-state index in [2.05, 4.69) is 5.32 Å². The number of para-hydroxylation sites is 1. The van der Waals surface area contributed by atoms with Crippen molar-refractivity contribution in [3.05, 3.63) is 120 Å². The molecule has 0 fully saturated rings. The van der Waals surface area contributed by atoms with E-state index in [-0.39, 0.29) is 28.0 Å². The Labute approximate surface area is 187 Å². The molecule has 4 aromatic carbocycles. The van der Waals surface area contributed by atoms with E-state index in [1.807, 2.05) is 0 Å². The minimum absolute atomic E-state index is 0.0458. The number of amides is 1. The average molecular weight is 447 g/mol. The summed E-state index contributed by atoms with van der Waals surface area (Å²) in [5, 5.41) is 2.69. The van der Waals surface area contributed by atoms with Crippen LogP contribution >= 0.6 is 0 Å². The Kier molecular flexibility index (Phi) is 6.22. The molecule has 4 aromatic rings. The maximum absolute atomic E-state index is 14.3. The third-order valence-electron chi connectivity index (χ3n) is 4.78. The summed E-state index contributed by atoms with van der Waals surface area (Å²) in [6.45, 7) is 0. The van der Waals surface area contributed by atoms with E-state index in [1.165, 1.54) is 36.4 Å². The third kappa shape index (κ3) is 5.10. The Morgan fingerprint density at radius 1 is 0.727 bits per heavy atom. The van der Waals surface area contributed by atoms with Crippen LogP contribution in [0.1, 0.15) is 20.7 Å². The van der Waals surface area contributed by atoms with Crippen molar-refractivity contribution in [2.75, 3.05) is 5.32 Å². The normalized spacial score (nSPS) is 10.5. The number of benzene rings is 4. The fourth-order valence-corrected chi connectivity index (χ4v) is 3.15. The zero-order valence-electron chi connectivity index (χ0n) is 17.0. The van der Waals surface area contributed by atoms with Gasteiger partial charge >= 0.3 is 5.97 Å². The van der Waals surface area contributed by atoms with Gasteiger partial charge in [-0.05, 0) is 66.2 Å². The van der Waals surface area contributed by atoms with E-state index >= 15 is 0 Å². The summed E-state index contributed by atoms with van der Waals surface area (Å²) in [6.07, 6.45) is 0. The van der Waals surface area contributed by atoms with E-state index in [0.29, 0.717) is 5.69 Å². The third-order valence-corrected chi connectivity index (χ3v) is 4.78. The predicted octanol–water partition coefficient (Wildman–Crippen LogP) is 6.24. The van der Waals surface area contributed by atoms with Crippen molar-refractivity contribution in [3.63, 3.8) is 0 Å². The summed E-state index contributed by atoms with van der Waals surface area (Å²) in [5.41, 5.74) is 0.889. The number of hydrogen-bond acceptors (Lipinski definition) is 3. The lowest BCUT2D eigenvalue weighted by Gasteiger charge is -2.13. The second-order valence-corrected chi connectivity index (χ2v) is 7.05. The number of ether oxygens (including phenoxy) is 1. The zero-order valence-corrected chi connectivity index (χ0v) is 17.0. The Morgan fingerprint density at radius 3 is 2.12 bits per heavy atom. The van der Waals surface area contributed by atoms with Crippen LogP contribution in [0.15, 0.2) is 91.0 Å². The Morgan fingerprint density at radius 2 is 1.42 bits per heavy atom. The highest BCUT2D eigenvalue weighted by molar-refractivity contribution is 6.07. The lowest BCUT2D eigenvalue weighted by atomic mass is 10.0. The molecule has 0 saturated carbocycles. The van der Waals surface area contributed by atoms with Crippen molar-refractivity contribution in [2.45, 2.75) is 0 Å². The van der Waals surface area contributed by atoms with E-state index in [4.69, 9.17) is 4.74 Å². The number of carbonyl (C=O) groups excluding carboxylic acids is 2. The number of nitrogens with one attached hydrogen (secondary N) is 1. The van der Waals surface area contributed by atoms with Gasteiger partial charge in [-0.25, -0.2) is 18.0 Å². The molecule has 1 amide bonds. The molecule has 4 rings (SSSR count). The second-order valence-electron chi connectivity index (χ2n) is 7.05. The van der Waals surface area contributed by atoms with Gasteiger partial charge < -0.3 is 10.1 Å². The highest BCUT2D eigenvalue weighted by atomic mass is 19.1. The molecular formula is C26H16F3NO3. The van der Waals surface area contributed by atoms with Crippen molar-refractivity contribution >= 4 is 17.6 Å². The highest BCUT2D eigenvalue weighted by Crippen LogP contribution is 2.30. The molecule has 0 saturated heterocycles. The van der Waals surface area contributed by atoms with Gasteiger partial charge in [-0.3, -0.25) is 4.79 Å². The molecule has 0 spiro atoms. The van der Waals surface area contributed by atoms with Crippen LogP contribution in [0.2, 0.25) is 0 Å². The maximum Gasteiger partial charge on any atom is 0.343 e. The summed E-state index contributed by atoms with van der Waals surface area (Å²) < 4.78 is 46.2. The van der Waals surface area contributed by atoms with Crippen LogP contribution < -0.4 is 10.1 Å². The van der Waals surface area contributed by atoms with Gasteiger partial charge in [0.1, 0.15) is 23.2 Å².